The van der Waals surface area contributed by atoms with Gasteiger partial charge < -0.3 is 4.52 Å². The van der Waals surface area contributed by atoms with Crippen molar-refractivity contribution in [3.8, 4) is 11.5 Å². The van der Waals surface area contributed by atoms with Gasteiger partial charge in [-0.15, -0.1) is 5.10 Å². The predicted octanol–water partition coefficient (Wildman–Crippen LogP) is 3.56. The molecule has 0 saturated heterocycles. The zero-order valence-corrected chi connectivity index (χ0v) is 15.7. The molecule has 0 radical (unpaired) electrons. The van der Waals surface area contributed by atoms with E-state index in [0.29, 0.717) is 17.4 Å². The molecule has 2 aromatic rings. The zero-order chi connectivity index (χ0) is 19.1. The number of hydrogen-bond acceptors (Lipinski definition) is 7. The summed E-state index contributed by atoms with van der Waals surface area (Å²) >= 11 is 0. The fraction of sp³-hybridized carbons (Fsp3) is 0.632. The van der Waals surface area contributed by atoms with Gasteiger partial charge in [0.15, 0.2) is 0 Å². The lowest BCUT2D eigenvalue weighted by Gasteiger charge is -2.22. The third-order valence-corrected chi connectivity index (χ3v) is 5.26. The van der Waals surface area contributed by atoms with Crippen LogP contribution in [-0.4, -0.2) is 31.5 Å². The molecule has 8 heteroatoms. The van der Waals surface area contributed by atoms with Gasteiger partial charge in [-0.3, -0.25) is 10.0 Å². The van der Waals surface area contributed by atoms with E-state index in [0.717, 1.165) is 30.9 Å². The molecule has 2 N–H and O–H groups in total. The highest BCUT2D eigenvalue weighted by Crippen LogP contribution is 2.31. The van der Waals surface area contributed by atoms with Crippen LogP contribution in [0.4, 0.5) is 0 Å². The number of hydrogen-bond donors (Lipinski definition) is 2. The summed E-state index contributed by atoms with van der Waals surface area (Å²) < 4.78 is 5.41. The van der Waals surface area contributed by atoms with Gasteiger partial charge in [0.1, 0.15) is 5.69 Å². The standard InChI is InChI=1S/C19H27N5O3/c1-13-10-11-16(22-21-13)18-20-19(27-24-18)15(12-17(25)23-26)9-5-8-14-6-3-2-4-7-14/h10-11,14-15,26H,2-9,12H2,1H3,(H,23,25)/t15-/m1/s1. The summed E-state index contributed by atoms with van der Waals surface area (Å²) in [4.78, 5) is 16.1. The Kier molecular flexibility index (Phi) is 6.86. The maximum Gasteiger partial charge on any atom is 0.244 e. The van der Waals surface area contributed by atoms with Crippen LogP contribution in [0.3, 0.4) is 0 Å². The fourth-order valence-electron chi connectivity index (χ4n) is 3.73. The summed E-state index contributed by atoms with van der Waals surface area (Å²) in [5.74, 6) is 0.874. The molecule has 27 heavy (non-hydrogen) atoms. The molecule has 2 aromatic heterocycles. The van der Waals surface area contributed by atoms with Gasteiger partial charge in [0.25, 0.3) is 0 Å². The largest absolute Gasteiger partial charge is 0.339 e. The Morgan fingerprint density at radius 1 is 1.30 bits per heavy atom. The number of hydroxylamine groups is 1. The molecule has 2 heterocycles. The molecule has 1 atom stereocenters. The van der Waals surface area contributed by atoms with Crippen molar-refractivity contribution in [2.45, 2.75) is 70.6 Å². The molecule has 0 aromatic carbocycles. The lowest BCUT2D eigenvalue weighted by Crippen LogP contribution is -2.21. The Labute approximate surface area is 158 Å². The topological polar surface area (TPSA) is 114 Å². The first-order valence-corrected chi connectivity index (χ1v) is 9.73. The van der Waals surface area contributed by atoms with E-state index in [4.69, 9.17) is 9.73 Å². The molecule has 1 amide bonds. The Morgan fingerprint density at radius 2 is 2.11 bits per heavy atom. The van der Waals surface area contributed by atoms with Crippen LogP contribution in [0, 0.1) is 12.8 Å². The molecule has 0 spiro atoms. The number of aryl methyl sites for hydroxylation is 1. The molecular formula is C19H27N5O3. The highest BCUT2D eigenvalue weighted by Gasteiger charge is 2.24. The van der Waals surface area contributed by atoms with E-state index in [1.54, 1.807) is 11.5 Å². The smallest absolute Gasteiger partial charge is 0.244 e. The summed E-state index contributed by atoms with van der Waals surface area (Å²) in [7, 11) is 0. The first kappa shape index (κ1) is 19.4. The molecule has 1 saturated carbocycles. The van der Waals surface area contributed by atoms with Crippen LogP contribution in [-0.2, 0) is 4.79 Å². The number of carbonyl (C=O) groups excluding carboxylic acids is 1. The van der Waals surface area contributed by atoms with Crippen molar-refractivity contribution in [1.29, 1.82) is 0 Å². The van der Waals surface area contributed by atoms with Gasteiger partial charge in [0.05, 0.1) is 5.69 Å². The summed E-state index contributed by atoms with van der Waals surface area (Å²) in [6.45, 7) is 1.86. The second-order valence-electron chi connectivity index (χ2n) is 7.39. The molecule has 8 nitrogen and oxygen atoms in total. The van der Waals surface area contributed by atoms with Crippen LogP contribution in [0.1, 0.15) is 75.3 Å². The van der Waals surface area contributed by atoms with Crippen molar-refractivity contribution in [2.24, 2.45) is 5.92 Å². The SMILES string of the molecule is Cc1ccc(-c2noc([C@H](CCCC3CCCCC3)CC(=O)NO)n2)nn1. The van der Waals surface area contributed by atoms with Crippen molar-refractivity contribution >= 4 is 5.91 Å². The van der Waals surface area contributed by atoms with Crippen molar-refractivity contribution in [3.63, 3.8) is 0 Å². The van der Waals surface area contributed by atoms with Crippen LogP contribution in [0.5, 0.6) is 0 Å². The van der Waals surface area contributed by atoms with Crippen molar-refractivity contribution in [2.75, 3.05) is 0 Å². The van der Waals surface area contributed by atoms with Gasteiger partial charge >= 0.3 is 0 Å². The third kappa shape index (κ3) is 5.56. The van der Waals surface area contributed by atoms with Crippen LogP contribution in [0.15, 0.2) is 16.7 Å². The molecule has 146 valence electrons. The summed E-state index contributed by atoms with van der Waals surface area (Å²) in [5.41, 5.74) is 3.04. The molecule has 0 unspecified atom stereocenters. The minimum absolute atomic E-state index is 0.113. The summed E-state index contributed by atoms with van der Waals surface area (Å²) in [6.07, 6.45) is 9.64. The van der Waals surface area contributed by atoms with Gasteiger partial charge in [-0.25, -0.2) is 5.48 Å². The Hall–Kier alpha value is -2.35. The molecule has 1 fully saturated rings. The third-order valence-electron chi connectivity index (χ3n) is 5.26. The first-order valence-electron chi connectivity index (χ1n) is 9.73. The molecule has 1 aliphatic rings. The monoisotopic (exact) mass is 373 g/mol. The van der Waals surface area contributed by atoms with Crippen molar-refractivity contribution in [1.82, 2.24) is 25.8 Å². The van der Waals surface area contributed by atoms with E-state index < -0.39 is 5.91 Å². The van der Waals surface area contributed by atoms with Gasteiger partial charge in [0, 0.05) is 12.3 Å². The first-order chi connectivity index (χ1) is 13.2. The Balaban J connectivity index is 1.64. The number of nitrogens with one attached hydrogen (secondary N) is 1. The lowest BCUT2D eigenvalue weighted by molar-refractivity contribution is -0.129. The van der Waals surface area contributed by atoms with E-state index in [1.807, 2.05) is 13.0 Å². The van der Waals surface area contributed by atoms with E-state index in [2.05, 4.69) is 20.3 Å². The fourth-order valence-corrected chi connectivity index (χ4v) is 3.73. The minimum atomic E-state index is -0.451. The summed E-state index contributed by atoms with van der Waals surface area (Å²) in [5, 5.41) is 20.9. The second kappa shape index (κ2) is 9.55. The highest BCUT2D eigenvalue weighted by atomic mass is 16.5. The minimum Gasteiger partial charge on any atom is -0.339 e. The maximum atomic E-state index is 11.7. The molecular weight excluding hydrogens is 346 g/mol. The van der Waals surface area contributed by atoms with E-state index in [-0.39, 0.29) is 12.3 Å². The average Bonchev–Trinajstić information content (AvgIpc) is 3.18. The van der Waals surface area contributed by atoms with E-state index in [9.17, 15) is 4.79 Å². The summed E-state index contributed by atoms with van der Waals surface area (Å²) in [6, 6.07) is 3.62. The molecule has 1 aliphatic carbocycles. The van der Waals surface area contributed by atoms with Crippen LogP contribution in [0.25, 0.3) is 11.5 Å². The maximum absolute atomic E-state index is 11.7. The van der Waals surface area contributed by atoms with Crippen molar-refractivity contribution in [3.05, 3.63) is 23.7 Å². The number of nitrogens with zero attached hydrogens (tertiary/aromatic N) is 4. The van der Waals surface area contributed by atoms with Crippen LogP contribution in [0.2, 0.25) is 0 Å². The predicted molar refractivity (Wildman–Crippen MR) is 97.8 cm³/mol. The lowest BCUT2D eigenvalue weighted by atomic mass is 9.84. The molecule has 0 bridgehead atoms. The molecule has 3 rings (SSSR count). The van der Waals surface area contributed by atoms with Crippen molar-refractivity contribution < 1.29 is 14.5 Å². The van der Waals surface area contributed by atoms with E-state index in [1.165, 1.54) is 32.1 Å². The van der Waals surface area contributed by atoms with Crippen LogP contribution < -0.4 is 5.48 Å². The average molecular weight is 373 g/mol. The van der Waals surface area contributed by atoms with Gasteiger partial charge in [0.2, 0.25) is 17.6 Å². The number of aromatic nitrogens is 4. The number of amides is 1. The quantitative estimate of drug-likeness (QED) is 0.537. The zero-order valence-electron chi connectivity index (χ0n) is 15.7. The van der Waals surface area contributed by atoms with E-state index >= 15 is 0 Å². The van der Waals surface area contributed by atoms with Gasteiger partial charge in [-0.1, -0.05) is 50.1 Å². The Morgan fingerprint density at radius 3 is 2.81 bits per heavy atom. The number of rotatable bonds is 8. The van der Waals surface area contributed by atoms with Crippen LogP contribution >= 0.6 is 0 Å². The number of carbonyl (C=O) groups is 1. The van der Waals surface area contributed by atoms with Gasteiger partial charge in [-0.05, 0) is 31.4 Å². The second-order valence-corrected chi connectivity index (χ2v) is 7.39. The molecule has 0 aliphatic heterocycles. The normalized spacial score (nSPS) is 16.2. The van der Waals surface area contributed by atoms with Gasteiger partial charge in [-0.2, -0.15) is 10.1 Å². The highest BCUT2D eigenvalue weighted by molar-refractivity contribution is 5.75. The Bertz CT molecular complexity index is 725.